The van der Waals surface area contributed by atoms with Crippen LogP contribution in [-0.4, -0.2) is 16.1 Å². The Kier molecular flexibility index (Phi) is 6.43. The summed E-state index contributed by atoms with van der Waals surface area (Å²) in [6.07, 6.45) is 1.41. The third-order valence-electron chi connectivity index (χ3n) is 4.04. The van der Waals surface area contributed by atoms with E-state index in [9.17, 15) is 4.79 Å². The Balaban J connectivity index is 1.98. The zero-order valence-corrected chi connectivity index (χ0v) is 19.2. The van der Waals surface area contributed by atoms with Gasteiger partial charge >= 0.3 is 6.09 Å². The number of carbonyl (C=O) groups is 1. The van der Waals surface area contributed by atoms with Crippen LogP contribution in [0.15, 0.2) is 17.5 Å². The highest BCUT2D eigenvalue weighted by Gasteiger charge is 2.28. The fourth-order valence-electron chi connectivity index (χ4n) is 2.74. The number of carbonyl (C=O) groups excluding carboxylic acids is 1. The van der Waals surface area contributed by atoms with Gasteiger partial charge in [0.25, 0.3) is 0 Å². The van der Waals surface area contributed by atoms with Gasteiger partial charge in [0.05, 0.1) is 11.2 Å². The first-order valence-corrected chi connectivity index (χ1v) is 11.6. The van der Waals surface area contributed by atoms with Crippen molar-refractivity contribution in [2.24, 2.45) is 0 Å². The number of hydrogen-bond acceptors (Lipinski definition) is 6. The van der Waals surface area contributed by atoms with Crippen molar-refractivity contribution >= 4 is 55.5 Å². The van der Waals surface area contributed by atoms with Crippen LogP contribution in [0.4, 0.5) is 9.80 Å². The monoisotopic (exact) mass is 432 g/mol. The molecule has 0 spiro atoms. The maximum absolute atomic E-state index is 13.0. The Bertz CT molecular complexity index is 1010. The number of aryl methyl sites for hydroxylation is 2. The normalized spacial score (nSPS) is 11.3. The number of fused-ring (bicyclic) bond motifs is 1. The molecule has 0 aromatic carbocycles. The molecule has 0 bridgehead atoms. The molecule has 0 N–H and O–H groups in total. The molecule has 148 valence electrons. The summed E-state index contributed by atoms with van der Waals surface area (Å²) in [5, 5.41) is 2.88. The van der Waals surface area contributed by atoms with Gasteiger partial charge in [-0.1, -0.05) is 6.07 Å². The molecular weight excluding hydrogens is 408 g/mol. The SMILES string of the molecule is CC#CCCc1sc2c(N(Cc3cccs3)C(=O)OC(C)(C)C)snc2c1C. The predicted molar refractivity (Wildman–Crippen MR) is 121 cm³/mol. The second kappa shape index (κ2) is 8.64. The molecule has 3 aromatic heterocycles. The van der Waals surface area contributed by atoms with Crippen LogP contribution < -0.4 is 4.90 Å². The van der Waals surface area contributed by atoms with E-state index in [1.165, 1.54) is 22.0 Å². The minimum atomic E-state index is -0.552. The molecule has 0 saturated heterocycles. The van der Waals surface area contributed by atoms with E-state index < -0.39 is 5.60 Å². The van der Waals surface area contributed by atoms with Crippen molar-refractivity contribution in [1.82, 2.24) is 4.37 Å². The lowest BCUT2D eigenvalue weighted by Gasteiger charge is -2.26. The number of rotatable bonds is 5. The fraction of sp³-hybridized carbons (Fsp3) is 0.429. The Morgan fingerprint density at radius 3 is 2.79 bits per heavy atom. The molecule has 3 rings (SSSR count). The fourth-order valence-corrected chi connectivity index (χ4v) is 5.75. The summed E-state index contributed by atoms with van der Waals surface area (Å²) >= 11 is 4.72. The standard InChI is InChI=1S/C21H24N2O2S3/c1-6-7-8-11-16-14(2)17-18(27-16)19(28-22-17)23(13-15-10-9-12-26-15)20(24)25-21(3,4)5/h9-10,12H,8,11,13H2,1-5H3. The first kappa shape index (κ1) is 20.8. The van der Waals surface area contributed by atoms with Gasteiger partial charge in [0.15, 0.2) is 0 Å². The van der Waals surface area contributed by atoms with Crippen molar-refractivity contribution in [3.8, 4) is 11.8 Å². The molecule has 0 radical (unpaired) electrons. The van der Waals surface area contributed by atoms with Gasteiger partial charge in [-0.3, -0.25) is 4.90 Å². The van der Waals surface area contributed by atoms with Gasteiger partial charge in [0.1, 0.15) is 16.1 Å². The molecule has 0 unspecified atom stereocenters. The summed E-state index contributed by atoms with van der Waals surface area (Å²) in [7, 11) is 0. The van der Waals surface area contributed by atoms with Crippen molar-refractivity contribution in [3.63, 3.8) is 0 Å². The van der Waals surface area contributed by atoms with E-state index in [1.54, 1.807) is 27.6 Å². The van der Waals surface area contributed by atoms with Crippen LogP contribution in [0.3, 0.4) is 0 Å². The molecule has 7 heteroatoms. The minimum Gasteiger partial charge on any atom is -0.443 e. The molecule has 3 aromatic rings. The molecule has 0 fully saturated rings. The quantitative estimate of drug-likeness (QED) is 0.425. The number of hydrogen-bond donors (Lipinski definition) is 0. The third kappa shape index (κ3) is 4.75. The van der Waals surface area contributed by atoms with Crippen molar-refractivity contribution in [1.29, 1.82) is 0 Å². The van der Waals surface area contributed by atoms with E-state index in [0.717, 1.165) is 32.9 Å². The van der Waals surface area contributed by atoms with Crippen LogP contribution in [0.25, 0.3) is 10.2 Å². The highest BCUT2D eigenvalue weighted by atomic mass is 32.1. The summed E-state index contributed by atoms with van der Waals surface area (Å²) in [6, 6.07) is 4.03. The van der Waals surface area contributed by atoms with Crippen molar-refractivity contribution in [3.05, 3.63) is 32.8 Å². The maximum Gasteiger partial charge on any atom is 0.415 e. The average Bonchev–Trinajstić information content (AvgIpc) is 3.31. The van der Waals surface area contributed by atoms with Crippen LogP contribution in [0, 0.1) is 18.8 Å². The topological polar surface area (TPSA) is 42.4 Å². The molecule has 28 heavy (non-hydrogen) atoms. The smallest absolute Gasteiger partial charge is 0.415 e. The van der Waals surface area contributed by atoms with Gasteiger partial charge in [-0.05, 0) is 69.6 Å². The number of thiophene rings is 2. The number of ether oxygens (including phenoxy) is 1. The molecule has 4 nitrogen and oxygen atoms in total. The zero-order chi connectivity index (χ0) is 20.3. The maximum atomic E-state index is 13.0. The van der Waals surface area contributed by atoms with Crippen LogP contribution in [0.1, 0.15) is 49.4 Å². The van der Waals surface area contributed by atoms with E-state index in [-0.39, 0.29) is 6.09 Å². The second-order valence-corrected chi connectivity index (χ2v) is 10.3. The number of anilines is 1. The van der Waals surface area contributed by atoms with Gasteiger partial charge < -0.3 is 4.74 Å². The first-order valence-electron chi connectivity index (χ1n) is 9.10. The lowest BCUT2D eigenvalue weighted by atomic mass is 10.2. The van der Waals surface area contributed by atoms with Gasteiger partial charge in [-0.2, -0.15) is 4.37 Å². The number of amides is 1. The number of nitrogens with zero attached hydrogens (tertiary/aromatic N) is 2. The summed E-state index contributed by atoms with van der Waals surface area (Å²) < 4.78 is 11.4. The lowest BCUT2D eigenvalue weighted by Crippen LogP contribution is -2.36. The molecule has 3 heterocycles. The largest absolute Gasteiger partial charge is 0.443 e. The zero-order valence-electron chi connectivity index (χ0n) is 16.8. The Hall–Kier alpha value is -1.88. The van der Waals surface area contributed by atoms with Gasteiger partial charge in [0.2, 0.25) is 0 Å². The highest BCUT2D eigenvalue weighted by molar-refractivity contribution is 7.25. The van der Waals surface area contributed by atoms with Gasteiger partial charge in [0, 0.05) is 16.2 Å². The summed E-state index contributed by atoms with van der Waals surface area (Å²) in [4.78, 5) is 17.1. The molecule has 1 amide bonds. The van der Waals surface area contributed by atoms with E-state index in [2.05, 4.69) is 23.1 Å². The first-order chi connectivity index (χ1) is 13.3. The Labute approximate surface area is 178 Å². The van der Waals surface area contributed by atoms with E-state index in [4.69, 9.17) is 4.74 Å². The molecule has 0 aliphatic rings. The van der Waals surface area contributed by atoms with Crippen LogP contribution >= 0.6 is 34.2 Å². The van der Waals surface area contributed by atoms with Crippen molar-refractivity contribution in [2.45, 2.75) is 59.6 Å². The highest BCUT2D eigenvalue weighted by Crippen LogP contribution is 2.41. The summed E-state index contributed by atoms with van der Waals surface area (Å²) in [6.45, 7) is 10.1. The Morgan fingerprint density at radius 2 is 2.14 bits per heavy atom. The molecule has 0 saturated carbocycles. The van der Waals surface area contributed by atoms with Crippen molar-refractivity contribution in [2.75, 3.05) is 4.90 Å². The third-order valence-corrected chi connectivity index (χ3v) is 7.25. The summed E-state index contributed by atoms with van der Waals surface area (Å²) in [5.74, 6) is 6.08. The molecule has 0 aliphatic heterocycles. The molecule has 0 atom stereocenters. The van der Waals surface area contributed by atoms with Crippen LogP contribution in [0.2, 0.25) is 0 Å². The van der Waals surface area contributed by atoms with E-state index in [1.807, 2.05) is 45.2 Å². The van der Waals surface area contributed by atoms with E-state index in [0.29, 0.717) is 6.54 Å². The van der Waals surface area contributed by atoms with E-state index >= 15 is 0 Å². The van der Waals surface area contributed by atoms with Gasteiger partial charge in [-0.15, -0.1) is 34.5 Å². The van der Waals surface area contributed by atoms with Crippen LogP contribution in [0.5, 0.6) is 0 Å². The second-order valence-electron chi connectivity index (χ2n) is 7.39. The van der Waals surface area contributed by atoms with Crippen molar-refractivity contribution < 1.29 is 9.53 Å². The summed E-state index contributed by atoms with van der Waals surface area (Å²) in [5.41, 5.74) is 1.63. The van der Waals surface area contributed by atoms with Crippen LogP contribution in [-0.2, 0) is 17.7 Å². The average molecular weight is 433 g/mol. The minimum absolute atomic E-state index is 0.337. The number of aromatic nitrogens is 1. The molecule has 0 aliphatic carbocycles. The Morgan fingerprint density at radius 1 is 1.36 bits per heavy atom. The predicted octanol–water partition coefficient (Wildman–Crippen LogP) is 6.63. The molecular formula is C21H24N2O2S3. The van der Waals surface area contributed by atoms with Gasteiger partial charge in [-0.25, -0.2) is 4.79 Å². The lowest BCUT2D eigenvalue weighted by molar-refractivity contribution is 0.0579.